The lowest BCUT2D eigenvalue weighted by Gasteiger charge is -2.20. The van der Waals surface area contributed by atoms with Crippen LogP contribution in [0.1, 0.15) is 53.4 Å². The molecule has 0 rings (SSSR count). The predicted molar refractivity (Wildman–Crippen MR) is 124 cm³/mol. The van der Waals surface area contributed by atoms with Gasteiger partial charge in [0.2, 0.25) is 0 Å². The van der Waals surface area contributed by atoms with Gasteiger partial charge in [0.15, 0.2) is 18.9 Å². The van der Waals surface area contributed by atoms with Crippen molar-refractivity contribution in [3.63, 3.8) is 0 Å². The molecule has 5 N–H and O–H groups in total. The van der Waals surface area contributed by atoms with E-state index in [4.69, 9.17) is 54.0 Å². The molecule has 0 aliphatic rings. The summed E-state index contributed by atoms with van der Waals surface area (Å²) >= 11 is 0. The highest BCUT2D eigenvalue weighted by Gasteiger charge is 2.13. The minimum absolute atomic E-state index is 0.0453. The number of aliphatic hydroxyl groups is 5. The van der Waals surface area contributed by atoms with Gasteiger partial charge in [-0.1, -0.05) is 27.7 Å². The van der Waals surface area contributed by atoms with Crippen molar-refractivity contribution >= 4 is 0 Å². The number of rotatable bonds is 18. The minimum Gasteiger partial charge on any atom is -0.394 e. The molecule has 33 heavy (non-hydrogen) atoms. The molecular weight excluding hydrogens is 440 g/mol. The molecule has 0 aromatic heterocycles. The first-order chi connectivity index (χ1) is 15.8. The Morgan fingerprint density at radius 1 is 0.424 bits per heavy atom. The molecule has 0 heterocycles. The standard InChI is InChI=1S/C8H18O3.2C7H16O4/c1-4-7(6-9)11-8(5-2)10-3;2*1-3-6(4-8)11-7(5-9)10-2/h7-9H,4-6H2,1-3H3;2*6-9H,3-5H2,1-2H3. The Labute approximate surface area is 199 Å². The zero-order valence-corrected chi connectivity index (χ0v) is 21.5. The van der Waals surface area contributed by atoms with Crippen molar-refractivity contribution in [3.8, 4) is 0 Å². The van der Waals surface area contributed by atoms with E-state index in [0.29, 0.717) is 12.8 Å². The molecule has 6 atom stereocenters. The largest absolute Gasteiger partial charge is 0.394 e. The van der Waals surface area contributed by atoms with Gasteiger partial charge in [-0.25, -0.2) is 0 Å². The monoisotopic (exact) mass is 490 g/mol. The molecule has 11 nitrogen and oxygen atoms in total. The van der Waals surface area contributed by atoms with Gasteiger partial charge in [0.1, 0.15) is 0 Å². The van der Waals surface area contributed by atoms with Gasteiger partial charge >= 0.3 is 0 Å². The normalized spacial score (nSPS) is 16.4. The third-order valence-electron chi connectivity index (χ3n) is 4.43. The van der Waals surface area contributed by atoms with Gasteiger partial charge in [0.25, 0.3) is 0 Å². The van der Waals surface area contributed by atoms with Crippen LogP contribution in [0, 0.1) is 0 Å². The molecule has 204 valence electrons. The lowest BCUT2D eigenvalue weighted by Crippen LogP contribution is -2.28. The van der Waals surface area contributed by atoms with Crippen LogP contribution in [0.15, 0.2) is 0 Å². The first-order valence-electron chi connectivity index (χ1n) is 11.4. The summed E-state index contributed by atoms with van der Waals surface area (Å²) in [6, 6.07) is 0. The fourth-order valence-electron chi connectivity index (χ4n) is 2.11. The van der Waals surface area contributed by atoms with Gasteiger partial charge < -0.3 is 54.0 Å². The van der Waals surface area contributed by atoms with Gasteiger partial charge in [-0.05, 0) is 25.7 Å². The Hall–Kier alpha value is -0.440. The van der Waals surface area contributed by atoms with E-state index in [1.807, 2.05) is 27.7 Å². The third kappa shape index (κ3) is 21.8. The Morgan fingerprint density at radius 3 is 0.848 bits per heavy atom. The van der Waals surface area contributed by atoms with Crippen molar-refractivity contribution in [2.45, 2.75) is 90.6 Å². The fraction of sp³-hybridized carbons (Fsp3) is 1.00. The highest BCUT2D eigenvalue weighted by molar-refractivity contribution is 4.54. The Morgan fingerprint density at radius 2 is 0.697 bits per heavy atom. The van der Waals surface area contributed by atoms with Crippen molar-refractivity contribution in [1.82, 2.24) is 0 Å². The molecule has 6 unspecified atom stereocenters. The summed E-state index contributed by atoms with van der Waals surface area (Å²) in [7, 11) is 4.51. The number of ether oxygens (including phenoxy) is 6. The van der Waals surface area contributed by atoms with E-state index in [2.05, 4.69) is 0 Å². The first-order valence-corrected chi connectivity index (χ1v) is 11.4. The van der Waals surface area contributed by atoms with Gasteiger partial charge in [0.05, 0.1) is 51.3 Å². The third-order valence-corrected chi connectivity index (χ3v) is 4.43. The summed E-state index contributed by atoms with van der Waals surface area (Å²) in [5.74, 6) is 0. The van der Waals surface area contributed by atoms with Crippen LogP contribution in [-0.2, 0) is 28.4 Å². The van der Waals surface area contributed by atoms with E-state index in [1.165, 1.54) is 14.2 Å². The van der Waals surface area contributed by atoms with Gasteiger partial charge in [0, 0.05) is 21.3 Å². The quantitative estimate of drug-likeness (QED) is 0.172. The first kappa shape index (κ1) is 37.1. The molecule has 0 fully saturated rings. The predicted octanol–water partition coefficient (Wildman–Crippen LogP) is 0.634. The van der Waals surface area contributed by atoms with Crippen molar-refractivity contribution in [3.05, 3.63) is 0 Å². The zero-order valence-electron chi connectivity index (χ0n) is 21.5. The zero-order chi connectivity index (χ0) is 26.1. The lowest BCUT2D eigenvalue weighted by atomic mass is 10.3. The summed E-state index contributed by atoms with van der Waals surface area (Å²) < 4.78 is 30.1. The topological polar surface area (TPSA) is 157 Å². The van der Waals surface area contributed by atoms with Crippen LogP contribution in [0.4, 0.5) is 0 Å². The second kappa shape index (κ2) is 27.8. The highest BCUT2D eigenvalue weighted by Crippen LogP contribution is 2.06. The molecule has 0 aliphatic heterocycles. The summed E-state index contributed by atoms with van der Waals surface area (Å²) in [5.41, 5.74) is 0. The molecule has 0 saturated carbocycles. The molecule has 0 aromatic rings. The van der Waals surface area contributed by atoms with E-state index < -0.39 is 12.6 Å². The van der Waals surface area contributed by atoms with Crippen LogP contribution in [0.5, 0.6) is 0 Å². The van der Waals surface area contributed by atoms with Crippen molar-refractivity contribution in [2.24, 2.45) is 0 Å². The van der Waals surface area contributed by atoms with Crippen LogP contribution in [0.3, 0.4) is 0 Å². The number of aliphatic hydroxyl groups excluding tert-OH is 5. The maximum atomic E-state index is 8.79. The molecule has 0 amide bonds. The van der Waals surface area contributed by atoms with Gasteiger partial charge in [-0.2, -0.15) is 0 Å². The Balaban J connectivity index is -0.000000409. The number of hydrogen-bond acceptors (Lipinski definition) is 11. The smallest absolute Gasteiger partial charge is 0.180 e. The minimum atomic E-state index is -0.618. The fourth-order valence-corrected chi connectivity index (χ4v) is 2.11. The number of hydrogen-bond donors (Lipinski definition) is 5. The van der Waals surface area contributed by atoms with Crippen LogP contribution >= 0.6 is 0 Å². The van der Waals surface area contributed by atoms with Crippen LogP contribution in [-0.4, -0.2) is 117 Å². The summed E-state index contributed by atoms with van der Waals surface area (Å²) in [6.45, 7) is 7.35. The molecule has 0 radical (unpaired) electrons. The van der Waals surface area contributed by atoms with Crippen LogP contribution in [0.25, 0.3) is 0 Å². The van der Waals surface area contributed by atoms with E-state index in [9.17, 15) is 0 Å². The maximum absolute atomic E-state index is 8.79. The molecule has 0 aliphatic carbocycles. The van der Waals surface area contributed by atoms with Gasteiger partial charge in [-0.15, -0.1) is 0 Å². The Bertz CT molecular complexity index is 257. The summed E-state index contributed by atoms with van der Waals surface area (Å²) in [5, 5.41) is 43.5. The average Bonchev–Trinajstić information content (AvgIpc) is 2.87. The number of methoxy groups -OCH3 is 3. The van der Waals surface area contributed by atoms with E-state index >= 15 is 0 Å². The molecule has 0 saturated heterocycles. The molecule has 0 bridgehead atoms. The van der Waals surface area contributed by atoms with Crippen molar-refractivity contribution in [1.29, 1.82) is 0 Å². The average molecular weight is 491 g/mol. The van der Waals surface area contributed by atoms with Crippen molar-refractivity contribution in [2.75, 3.05) is 54.4 Å². The summed E-state index contributed by atoms with van der Waals surface area (Å²) in [4.78, 5) is 0. The van der Waals surface area contributed by atoms with E-state index in [1.54, 1.807) is 7.11 Å². The Kier molecular flexibility index (Phi) is 31.3. The van der Waals surface area contributed by atoms with Crippen LogP contribution in [0.2, 0.25) is 0 Å². The van der Waals surface area contributed by atoms with E-state index in [0.717, 1.165) is 12.8 Å². The van der Waals surface area contributed by atoms with E-state index in [-0.39, 0.29) is 57.6 Å². The maximum Gasteiger partial charge on any atom is 0.180 e. The van der Waals surface area contributed by atoms with Gasteiger partial charge in [-0.3, -0.25) is 0 Å². The second-order valence-electron chi connectivity index (χ2n) is 6.82. The lowest BCUT2D eigenvalue weighted by molar-refractivity contribution is -0.181. The van der Waals surface area contributed by atoms with Crippen LogP contribution < -0.4 is 0 Å². The van der Waals surface area contributed by atoms with Crippen molar-refractivity contribution < 1.29 is 54.0 Å². The summed E-state index contributed by atoms with van der Waals surface area (Å²) in [6.07, 6.45) is 1.06. The molecule has 0 aromatic carbocycles. The molecule has 0 spiro atoms. The second-order valence-corrected chi connectivity index (χ2v) is 6.82. The molecular formula is C22H50O11. The highest BCUT2D eigenvalue weighted by atomic mass is 16.7. The SMILES string of the molecule is CCC(CO)OC(CC)OC.CCC(CO)OC(CO)OC.CCC(CO)OC(CO)OC. The molecule has 11 heteroatoms.